The molecule has 1 unspecified atom stereocenters. The van der Waals surface area contributed by atoms with Crippen molar-refractivity contribution < 1.29 is 104 Å². The van der Waals surface area contributed by atoms with Gasteiger partial charge in [0.15, 0.2) is 18.7 Å². The van der Waals surface area contributed by atoms with E-state index in [0.717, 1.165) is 12.8 Å². The fraction of sp³-hybridized carbons (Fsp3) is 0.872. The van der Waals surface area contributed by atoms with Crippen LogP contribution in [0.5, 0.6) is 0 Å². The van der Waals surface area contributed by atoms with Crippen molar-refractivity contribution in [1.29, 1.82) is 0 Å². The summed E-state index contributed by atoms with van der Waals surface area (Å²) >= 11 is 0. The van der Waals surface area contributed by atoms with Gasteiger partial charge < -0.3 is 84.6 Å². The average molecular weight is 973 g/mol. The Hall–Kier alpha value is -2.90. The predicted octanol–water partition coefficient (Wildman–Crippen LogP) is 0.278. The van der Waals surface area contributed by atoms with E-state index < -0.39 is 133 Å². The summed E-state index contributed by atoms with van der Waals surface area (Å²) in [4.78, 5) is 49.9. The maximum Gasteiger partial charge on any atom is 0.337 e. The summed E-state index contributed by atoms with van der Waals surface area (Å²) in [5.74, 6) is -6.05. The van der Waals surface area contributed by atoms with Crippen molar-refractivity contribution in [2.24, 2.45) is 50.2 Å². The van der Waals surface area contributed by atoms with E-state index in [-0.39, 0.29) is 40.6 Å². The van der Waals surface area contributed by atoms with Crippen molar-refractivity contribution in [2.45, 2.75) is 186 Å². The lowest BCUT2D eigenvalue weighted by Crippen LogP contribution is -2.67. The van der Waals surface area contributed by atoms with E-state index in [0.29, 0.717) is 51.4 Å². The molecule has 68 heavy (non-hydrogen) atoms. The third kappa shape index (κ3) is 8.61. The van der Waals surface area contributed by atoms with E-state index >= 15 is 0 Å². The lowest BCUT2D eigenvalue weighted by atomic mass is 9.33. The van der Waals surface area contributed by atoms with Crippen LogP contribution < -0.4 is 0 Å². The molecule has 21 nitrogen and oxygen atoms in total. The number of carboxylic acid groups (broad SMARTS) is 3. The molecule has 0 bridgehead atoms. The fourth-order valence-electron chi connectivity index (χ4n) is 14.3. The Morgan fingerprint density at radius 3 is 2.07 bits per heavy atom. The average Bonchev–Trinajstić information content (AvgIpc) is 3.27. The number of fused-ring (bicyclic) bond motifs is 7. The standard InChI is InChI=1S/C47H72O21/c1-42(2)13-15-47(41(62)68-39-30(54)29(53)28(52)23(18-48)64-39)16-14-45(5)21(22(47)17-42)7-8-25-43(3)11-10-26(44(4,20-49)24(43)9-12-46(25,45)6)65-40-32(56)34(31(55)35(67-40)37(60)61)66-38(33(57)36(58)59)63-19-27(50)51/h7,22-26,28-35,38-40,48-49,52-57H,8-20H2,1-6H3,(H,50,51)(H,58,59)(H,60,61)/t22-,23+,24?,25+,26-,28+,29-,30+,31-,32+,33-,34-,35-,38-,39-,40+,43-,44-,45+,46+,47-/m0/s1. The van der Waals surface area contributed by atoms with Crippen LogP contribution in [0.3, 0.4) is 0 Å². The van der Waals surface area contributed by atoms with Gasteiger partial charge in [0.2, 0.25) is 12.4 Å². The van der Waals surface area contributed by atoms with Gasteiger partial charge in [-0.05, 0) is 104 Å². The zero-order valence-electron chi connectivity index (χ0n) is 39.5. The summed E-state index contributed by atoms with van der Waals surface area (Å²) in [5.41, 5.74) is -2.02. The summed E-state index contributed by atoms with van der Waals surface area (Å²) in [5, 5.41) is 114. The number of carbonyl (C=O) groups excluding carboxylic acids is 1. The van der Waals surface area contributed by atoms with Crippen molar-refractivity contribution >= 4 is 23.9 Å². The minimum atomic E-state index is -2.51. The normalized spacial score (nSPS) is 47.4. The molecular weight excluding hydrogens is 900 g/mol. The van der Waals surface area contributed by atoms with Crippen LogP contribution in [0, 0.1) is 50.2 Å². The lowest BCUT2D eigenvalue weighted by molar-refractivity contribution is -0.347. The number of hydrogen-bond donors (Lipinski definition) is 11. The van der Waals surface area contributed by atoms with Gasteiger partial charge in [0.25, 0.3) is 0 Å². The smallest absolute Gasteiger partial charge is 0.337 e. The van der Waals surface area contributed by atoms with Gasteiger partial charge in [0.1, 0.15) is 49.3 Å². The van der Waals surface area contributed by atoms with Gasteiger partial charge in [-0.15, -0.1) is 0 Å². The molecule has 11 N–H and O–H groups in total. The van der Waals surface area contributed by atoms with Crippen molar-refractivity contribution in [3.05, 3.63) is 11.6 Å². The van der Waals surface area contributed by atoms with Gasteiger partial charge in [-0.1, -0.05) is 53.2 Å². The number of aliphatic carboxylic acids is 3. The number of carboxylic acids is 3. The molecule has 2 aliphatic heterocycles. The molecule has 0 aromatic carbocycles. The molecule has 21 atom stereocenters. The monoisotopic (exact) mass is 972 g/mol. The van der Waals surface area contributed by atoms with Crippen molar-refractivity contribution in [2.75, 3.05) is 19.8 Å². The number of esters is 1. The highest BCUT2D eigenvalue weighted by Gasteiger charge is 2.70. The summed E-state index contributed by atoms with van der Waals surface area (Å²) in [6.45, 7) is 10.9. The Balaban J connectivity index is 1.15. The maximum absolute atomic E-state index is 14.7. The second-order valence-electron chi connectivity index (χ2n) is 22.5. The van der Waals surface area contributed by atoms with Gasteiger partial charge >= 0.3 is 23.9 Å². The Kier molecular flexibility index (Phi) is 14.7. The molecule has 0 spiro atoms. The third-order valence-corrected chi connectivity index (χ3v) is 18.5. The quantitative estimate of drug-likeness (QED) is 0.0482. The third-order valence-electron chi connectivity index (χ3n) is 18.5. The highest BCUT2D eigenvalue weighted by atomic mass is 16.7. The molecule has 21 heteroatoms. The van der Waals surface area contributed by atoms with Crippen LogP contribution >= 0.6 is 0 Å². The van der Waals surface area contributed by atoms with Crippen LogP contribution in [0.2, 0.25) is 0 Å². The summed E-state index contributed by atoms with van der Waals surface area (Å²) in [6.07, 6.45) is -15.4. The van der Waals surface area contributed by atoms with Crippen LogP contribution in [-0.2, 0) is 47.6 Å². The van der Waals surface area contributed by atoms with E-state index in [1.165, 1.54) is 5.57 Å². The first-order valence-corrected chi connectivity index (χ1v) is 23.8. The number of carbonyl (C=O) groups is 4. The Bertz CT molecular complexity index is 1940. The minimum absolute atomic E-state index is 0.0729. The molecule has 386 valence electrons. The van der Waals surface area contributed by atoms with Gasteiger partial charge in [-0.2, -0.15) is 0 Å². The molecule has 0 amide bonds. The Morgan fingerprint density at radius 1 is 0.779 bits per heavy atom. The second kappa shape index (κ2) is 18.9. The number of aliphatic hydroxyl groups excluding tert-OH is 8. The SMILES string of the molecule is CC1(C)CC[C@]2(C(=O)O[C@@H]3O[C@H](CO)[C@@H](O)[C@H](O)[C@H]3O)CC[C@]3(C)C(=CC[C@@H]4[C@@]5(C)CC[C@H](O[C@@H]6O[C@H](C(=O)O)[C@@H](O)[C@H](O[C@H](OCC(=O)O)[C@@H](O)C(=O)O)[C@H]6O)[C@@](C)(CO)C5CC[C@]43C)[C@@H]2C1. The Morgan fingerprint density at radius 2 is 1.46 bits per heavy atom. The van der Waals surface area contributed by atoms with Crippen LogP contribution in [-0.4, -0.2) is 180 Å². The van der Waals surface area contributed by atoms with Crippen molar-refractivity contribution in [3.8, 4) is 0 Å². The molecule has 0 aromatic heterocycles. The lowest BCUT2D eigenvalue weighted by Gasteiger charge is -2.71. The molecule has 7 rings (SSSR count). The van der Waals surface area contributed by atoms with Crippen molar-refractivity contribution in [3.63, 3.8) is 0 Å². The van der Waals surface area contributed by atoms with Gasteiger partial charge in [0, 0.05) is 5.41 Å². The molecule has 7 aliphatic rings. The minimum Gasteiger partial charge on any atom is -0.480 e. The fourth-order valence-corrected chi connectivity index (χ4v) is 14.3. The predicted molar refractivity (Wildman–Crippen MR) is 229 cm³/mol. The van der Waals surface area contributed by atoms with Gasteiger partial charge in [-0.25, -0.2) is 14.4 Å². The van der Waals surface area contributed by atoms with Crippen LogP contribution in [0.1, 0.15) is 106 Å². The molecule has 0 aromatic rings. The molecule has 5 aliphatic carbocycles. The van der Waals surface area contributed by atoms with Crippen LogP contribution in [0.4, 0.5) is 0 Å². The number of hydrogen-bond acceptors (Lipinski definition) is 18. The highest BCUT2D eigenvalue weighted by Crippen LogP contribution is 2.76. The highest BCUT2D eigenvalue weighted by molar-refractivity contribution is 5.79. The van der Waals surface area contributed by atoms with E-state index in [1.807, 2.05) is 6.92 Å². The first kappa shape index (κ1) is 52.9. The maximum atomic E-state index is 14.7. The number of rotatable bonds is 14. The number of allylic oxidation sites excluding steroid dienone is 2. The number of aliphatic hydroxyl groups is 8. The summed E-state index contributed by atoms with van der Waals surface area (Å²) < 4.78 is 34.0. The van der Waals surface area contributed by atoms with Crippen molar-refractivity contribution in [1.82, 2.24) is 0 Å². The molecule has 6 fully saturated rings. The topological polar surface area (TPSA) is 346 Å². The van der Waals surface area contributed by atoms with Crippen LogP contribution in [0.25, 0.3) is 0 Å². The molecule has 4 saturated carbocycles. The summed E-state index contributed by atoms with van der Waals surface area (Å²) in [6, 6.07) is 0. The molecule has 2 saturated heterocycles. The summed E-state index contributed by atoms with van der Waals surface area (Å²) in [7, 11) is 0. The van der Waals surface area contributed by atoms with Gasteiger partial charge in [-0.3, -0.25) is 4.79 Å². The number of ether oxygens (including phenoxy) is 6. The van der Waals surface area contributed by atoms with E-state index in [4.69, 9.17) is 33.5 Å². The zero-order valence-corrected chi connectivity index (χ0v) is 39.5. The van der Waals surface area contributed by atoms with Gasteiger partial charge in [0.05, 0.1) is 24.7 Å². The van der Waals surface area contributed by atoms with E-state index in [1.54, 1.807) is 0 Å². The first-order chi connectivity index (χ1) is 31.7. The van der Waals surface area contributed by atoms with E-state index in [9.17, 15) is 70.2 Å². The molecule has 0 radical (unpaired) electrons. The zero-order chi connectivity index (χ0) is 50.3. The molecular formula is C47H72O21. The largest absolute Gasteiger partial charge is 0.480 e. The second-order valence-corrected chi connectivity index (χ2v) is 22.5. The molecule has 2 heterocycles. The van der Waals surface area contributed by atoms with E-state index in [2.05, 4.69) is 40.7 Å². The Labute approximate surface area is 394 Å². The van der Waals surface area contributed by atoms with Crippen LogP contribution in [0.15, 0.2) is 11.6 Å². The first-order valence-electron chi connectivity index (χ1n) is 23.8.